The molecule has 2 rings (SSSR count). The first kappa shape index (κ1) is 19.3. The number of aryl methyl sites for hydroxylation is 1. The Morgan fingerprint density at radius 3 is 2.48 bits per heavy atom. The minimum Gasteiger partial charge on any atom is -0.350 e. The highest BCUT2D eigenvalue weighted by Gasteiger charge is 2.22. The van der Waals surface area contributed by atoms with Gasteiger partial charge in [0.05, 0.1) is 11.9 Å². The lowest BCUT2D eigenvalue weighted by Crippen LogP contribution is -2.40. The maximum absolute atomic E-state index is 12.3. The molecule has 0 saturated heterocycles. The second kappa shape index (κ2) is 7.89. The Balaban J connectivity index is 2.15. The van der Waals surface area contributed by atoms with Crippen molar-refractivity contribution in [2.24, 2.45) is 0 Å². The molecule has 0 bridgehead atoms. The topological polar surface area (TPSA) is 66.5 Å². The van der Waals surface area contributed by atoms with Crippen LogP contribution in [0.2, 0.25) is 5.02 Å². The summed E-state index contributed by atoms with van der Waals surface area (Å²) in [7, 11) is -3.63. The molecule has 5 nitrogen and oxygen atoms in total. The lowest BCUT2D eigenvalue weighted by Gasteiger charge is -2.24. The van der Waals surface area contributed by atoms with Gasteiger partial charge in [-0.25, -0.2) is 8.42 Å². The van der Waals surface area contributed by atoms with E-state index in [2.05, 4.69) is 5.32 Å². The molecule has 2 aromatic rings. The van der Waals surface area contributed by atoms with E-state index in [0.717, 1.165) is 21.7 Å². The molecule has 1 amide bonds. The van der Waals surface area contributed by atoms with Gasteiger partial charge in [0, 0.05) is 11.6 Å². The molecule has 0 aromatic heterocycles. The van der Waals surface area contributed by atoms with Gasteiger partial charge in [-0.05, 0) is 37.1 Å². The molecule has 0 aliphatic heterocycles. The fraction of sp³-hybridized carbons (Fsp3) is 0.278. The molecule has 0 saturated carbocycles. The third-order valence-corrected chi connectivity index (χ3v) is 5.30. The van der Waals surface area contributed by atoms with Crippen LogP contribution in [0.5, 0.6) is 0 Å². The fourth-order valence-electron chi connectivity index (χ4n) is 2.46. The van der Waals surface area contributed by atoms with Crippen molar-refractivity contribution in [2.75, 3.05) is 17.1 Å². The van der Waals surface area contributed by atoms with E-state index in [1.54, 1.807) is 25.1 Å². The molecule has 0 aliphatic carbocycles. The van der Waals surface area contributed by atoms with E-state index < -0.39 is 10.0 Å². The summed E-state index contributed by atoms with van der Waals surface area (Å²) in [6.45, 7) is 3.73. The van der Waals surface area contributed by atoms with Crippen LogP contribution in [0.4, 0.5) is 5.69 Å². The number of nitrogens with one attached hydrogen (secondary N) is 1. The standard InChI is InChI=1S/C18H21ClN2O3S/c1-13-6-4-7-15(10-13)11-20-18(22)12-21(25(3,23)24)17-9-5-8-16(19)14(17)2/h4-10H,11-12H2,1-3H3,(H,20,22). The number of rotatable bonds is 6. The molecule has 7 heteroatoms. The van der Waals surface area contributed by atoms with Crippen LogP contribution in [0.1, 0.15) is 16.7 Å². The van der Waals surface area contributed by atoms with Gasteiger partial charge in [0.2, 0.25) is 15.9 Å². The van der Waals surface area contributed by atoms with Gasteiger partial charge in [-0.3, -0.25) is 9.10 Å². The molecule has 0 unspecified atom stereocenters. The summed E-state index contributed by atoms with van der Waals surface area (Å²) in [4.78, 5) is 12.3. The van der Waals surface area contributed by atoms with Crippen molar-refractivity contribution in [3.63, 3.8) is 0 Å². The summed E-state index contributed by atoms with van der Waals surface area (Å²) < 4.78 is 25.4. The molecule has 0 radical (unpaired) electrons. The number of hydrogen-bond donors (Lipinski definition) is 1. The summed E-state index contributed by atoms with van der Waals surface area (Å²) in [6, 6.07) is 12.7. The Morgan fingerprint density at radius 2 is 1.84 bits per heavy atom. The predicted octanol–water partition coefficient (Wildman–Crippen LogP) is 3.04. The highest BCUT2D eigenvalue weighted by molar-refractivity contribution is 7.92. The molecule has 0 atom stereocenters. The highest BCUT2D eigenvalue weighted by atomic mass is 35.5. The van der Waals surface area contributed by atoms with Gasteiger partial charge < -0.3 is 5.32 Å². The van der Waals surface area contributed by atoms with Crippen molar-refractivity contribution < 1.29 is 13.2 Å². The largest absolute Gasteiger partial charge is 0.350 e. The van der Waals surface area contributed by atoms with E-state index >= 15 is 0 Å². The maximum atomic E-state index is 12.3. The molecule has 1 N–H and O–H groups in total. The quantitative estimate of drug-likeness (QED) is 0.837. The molecule has 0 aliphatic rings. The van der Waals surface area contributed by atoms with Crippen LogP contribution in [-0.4, -0.2) is 27.1 Å². The third kappa shape index (κ3) is 5.21. The van der Waals surface area contributed by atoms with Crippen molar-refractivity contribution in [2.45, 2.75) is 20.4 Å². The third-order valence-electron chi connectivity index (χ3n) is 3.77. The monoisotopic (exact) mass is 380 g/mol. The lowest BCUT2D eigenvalue weighted by molar-refractivity contribution is -0.119. The average Bonchev–Trinajstić information content (AvgIpc) is 2.53. The number of carbonyl (C=O) groups is 1. The first-order valence-electron chi connectivity index (χ1n) is 7.73. The van der Waals surface area contributed by atoms with Crippen molar-refractivity contribution in [3.8, 4) is 0 Å². The number of benzene rings is 2. The normalized spacial score (nSPS) is 11.2. The Morgan fingerprint density at radius 1 is 1.16 bits per heavy atom. The van der Waals surface area contributed by atoms with Gasteiger partial charge in [0.25, 0.3) is 0 Å². The summed E-state index contributed by atoms with van der Waals surface area (Å²) in [5, 5.41) is 3.20. The fourth-order valence-corrected chi connectivity index (χ4v) is 3.53. The molecule has 25 heavy (non-hydrogen) atoms. The van der Waals surface area contributed by atoms with E-state index in [9.17, 15) is 13.2 Å². The minimum atomic E-state index is -3.63. The van der Waals surface area contributed by atoms with Gasteiger partial charge in [-0.2, -0.15) is 0 Å². The summed E-state index contributed by atoms with van der Waals surface area (Å²) in [5.41, 5.74) is 3.07. The second-order valence-electron chi connectivity index (χ2n) is 5.92. The van der Waals surface area contributed by atoms with E-state index in [1.165, 1.54) is 0 Å². The zero-order valence-corrected chi connectivity index (χ0v) is 16.0. The Bertz CT molecular complexity index is 882. The van der Waals surface area contributed by atoms with Gasteiger partial charge in [-0.1, -0.05) is 47.5 Å². The van der Waals surface area contributed by atoms with Crippen LogP contribution < -0.4 is 9.62 Å². The Kier molecular flexibility index (Phi) is 6.08. The zero-order valence-electron chi connectivity index (χ0n) is 14.4. The first-order valence-corrected chi connectivity index (χ1v) is 9.96. The van der Waals surface area contributed by atoms with Gasteiger partial charge in [0.15, 0.2) is 0 Å². The van der Waals surface area contributed by atoms with Gasteiger partial charge in [0.1, 0.15) is 6.54 Å². The summed E-state index contributed by atoms with van der Waals surface area (Å²) >= 11 is 6.08. The van der Waals surface area contributed by atoms with Crippen molar-refractivity contribution in [1.29, 1.82) is 0 Å². The van der Waals surface area contributed by atoms with E-state index in [-0.39, 0.29) is 12.5 Å². The highest BCUT2D eigenvalue weighted by Crippen LogP contribution is 2.27. The van der Waals surface area contributed by atoms with Crippen LogP contribution >= 0.6 is 11.6 Å². The second-order valence-corrected chi connectivity index (χ2v) is 8.23. The first-order chi connectivity index (χ1) is 11.7. The number of halogens is 1. The number of sulfonamides is 1. The summed E-state index contributed by atoms with van der Waals surface area (Å²) in [5.74, 6) is -0.383. The number of anilines is 1. The van der Waals surface area contributed by atoms with Gasteiger partial charge in [-0.15, -0.1) is 0 Å². The molecular weight excluding hydrogens is 360 g/mol. The number of hydrogen-bond acceptors (Lipinski definition) is 3. The van der Waals surface area contributed by atoms with Crippen molar-refractivity contribution in [3.05, 3.63) is 64.2 Å². The Labute approximate surface area is 153 Å². The van der Waals surface area contributed by atoms with Gasteiger partial charge >= 0.3 is 0 Å². The van der Waals surface area contributed by atoms with E-state index in [4.69, 9.17) is 11.6 Å². The lowest BCUT2D eigenvalue weighted by atomic mass is 10.1. The maximum Gasteiger partial charge on any atom is 0.241 e. The van der Waals surface area contributed by atoms with Crippen molar-refractivity contribution >= 4 is 33.2 Å². The smallest absolute Gasteiger partial charge is 0.241 e. The molecule has 0 heterocycles. The van der Waals surface area contributed by atoms with E-state index in [0.29, 0.717) is 22.8 Å². The summed E-state index contributed by atoms with van der Waals surface area (Å²) in [6.07, 6.45) is 1.07. The van der Waals surface area contributed by atoms with Crippen LogP contribution in [0, 0.1) is 13.8 Å². The zero-order chi connectivity index (χ0) is 18.6. The molecule has 0 spiro atoms. The molecule has 2 aromatic carbocycles. The molecule has 134 valence electrons. The SMILES string of the molecule is Cc1cccc(CNC(=O)CN(c2cccc(Cl)c2C)S(C)(=O)=O)c1. The minimum absolute atomic E-state index is 0.300. The Hall–Kier alpha value is -2.05. The van der Waals surface area contributed by atoms with Crippen LogP contribution in [0.15, 0.2) is 42.5 Å². The number of carbonyl (C=O) groups excluding carboxylic acids is 1. The van der Waals surface area contributed by atoms with Crippen molar-refractivity contribution in [1.82, 2.24) is 5.32 Å². The number of nitrogens with zero attached hydrogens (tertiary/aromatic N) is 1. The molecular formula is C18H21ClN2O3S. The van der Waals surface area contributed by atoms with Crippen LogP contribution in [0.25, 0.3) is 0 Å². The van der Waals surface area contributed by atoms with Crippen LogP contribution in [0.3, 0.4) is 0 Å². The van der Waals surface area contributed by atoms with Crippen LogP contribution in [-0.2, 0) is 21.4 Å². The average molecular weight is 381 g/mol. The molecule has 0 fully saturated rings. The predicted molar refractivity (Wildman–Crippen MR) is 101 cm³/mol. The number of amides is 1. The van der Waals surface area contributed by atoms with E-state index in [1.807, 2.05) is 31.2 Å².